The van der Waals surface area contributed by atoms with Gasteiger partial charge in [-0.05, 0) is 55.2 Å². The Kier molecular flexibility index (Phi) is 4.76. The smallest absolute Gasteiger partial charge is 0.290 e. The first-order chi connectivity index (χ1) is 13.4. The van der Waals surface area contributed by atoms with E-state index in [1.165, 1.54) is 0 Å². The molecule has 1 atom stereocenters. The van der Waals surface area contributed by atoms with Crippen LogP contribution in [0.3, 0.4) is 0 Å². The molecule has 2 aromatic carbocycles. The average molecular weight is 396 g/mol. The van der Waals surface area contributed by atoms with Crippen LogP contribution in [0.2, 0.25) is 5.02 Å². The maximum absolute atomic E-state index is 13.5. The maximum atomic E-state index is 13.5. The highest BCUT2D eigenvalue weighted by Gasteiger charge is 2.42. The summed E-state index contributed by atoms with van der Waals surface area (Å²) in [6.07, 6.45) is 1.81. The molecule has 0 saturated carbocycles. The number of benzene rings is 2. The molecule has 3 aromatic rings. The van der Waals surface area contributed by atoms with Crippen molar-refractivity contribution in [2.24, 2.45) is 0 Å². The van der Waals surface area contributed by atoms with Gasteiger partial charge in [0.1, 0.15) is 5.58 Å². The van der Waals surface area contributed by atoms with Gasteiger partial charge < -0.3 is 9.32 Å². The topological polar surface area (TPSA) is 50.5 Å². The number of amides is 1. The lowest BCUT2D eigenvalue weighted by atomic mass is 9.97. The van der Waals surface area contributed by atoms with Crippen LogP contribution in [0.5, 0.6) is 0 Å². The summed E-state index contributed by atoms with van der Waals surface area (Å²) in [5, 5.41) is 1.17. The molecule has 0 spiro atoms. The Bertz CT molecular complexity index is 1130. The van der Waals surface area contributed by atoms with Gasteiger partial charge >= 0.3 is 0 Å². The van der Waals surface area contributed by atoms with Gasteiger partial charge in [0.05, 0.1) is 17.0 Å². The number of unbranched alkanes of at least 4 members (excludes halogenated alkanes) is 1. The van der Waals surface area contributed by atoms with Crippen LogP contribution in [0.25, 0.3) is 11.0 Å². The Labute approximate surface area is 168 Å². The van der Waals surface area contributed by atoms with Gasteiger partial charge in [-0.15, -0.1) is 0 Å². The standard InChI is InChI=1S/C23H22ClNO3/c1-4-5-10-25-20(15-6-8-16(24)9-7-15)19-21(26)18-14(3)11-13(2)12-17(18)28-22(19)23(25)27/h6-9,11-12,20H,4-5,10H2,1-3H3. The summed E-state index contributed by atoms with van der Waals surface area (Å²) < 4.78 is 6.03. The third kappa shape index (κ3) is 2.92. The number of fused-ring (bicyclic) bond motifs is 2. The van der Waals surface area contributed by atoms with E-state index in [0.717, 1.165) is 29.5 Å². The second-order valence-electron chi connectivity index (χ2n) is 7.44. The van der Waals surface area contributed by atoms with Crippen molar-refractivity contribution in [2.45, 2.75) is 39.7 Å². The molecule has 144 valence electrons. The fourth-order valence-corrected chi connectivity index (χ4v) is 4.19. The van der Waals surface area contributed by atoms with E-state index in [0.29, 0.717) is 28.1 Å². The van der Waals surface area contributed by atoms with Crippen LogP contribution in [0, 0.1) is 13.8 Å². The second-order valence-corrected chi connectivity index (χ2v) is 7.87. The molecule has 0 N–H and O–H groups in total. The Morgan fingerprint density at radius 3 is 2.50 bits per heavy atom. The van der Waals surface area contributed by atoms with E-state index in [1.807, 2.05) is 38.1 Å². The van der Waals surface area contributed by atoms with Crippen LogP contribution >= 0.6 is 11.6 Å². The van der Waals surface area contributed by atoms with Crippen LogP contribution in [0.1, 0.15) is 58.6 Å². The van der Waals surface area contributed by atoms with Gasteiger partial charge in [-0.2, -0.15) is 0 Å². The molecule has 28 heavy (non-hydrogen) atoms. The molecular weight excluding hydrogens is 374 g/mol. The van der Waals surface area contributed by atoms with E-state index in [9.17, 15) is 9.59 Å². The van der Waals surface area contributed by atoms with E-state index in [2.05, 4.69) is 6.92 Å². The van der Waals surface area contributed by atoms with Crippen molar-refractivity contribution in [3.8, 4) is 0 Å². The first-order valence-electron chi connectivity index (χ1n) is 9.56. The number of hydrogen-bond acceptors (Lipinski definition) is 3. The van der Waals surface area contributed by atoms with Gasteiger partial charge in [0, 0.05) is 11.6 Å². The lowest BCUT2D eigenvalue weighted by Crippen LogP contribution is -2.30. The van der Waals surface area contributed by atoms with Crippen molar-refractivity contribution in [2.75, 3.05) is 6.54 Å². The van der Waals surface area contributed by atoms with Gasteiger partial charge in [0.2, 0.25) is 5.76 Å². The summed E-state index contributed by atoms with van der Waals surface area (Å²) in [5.74, 6) is -0.0555. The van der Waals surface area contributed by atoms with E-state index in [1.54, 1.807) is 17.0 Å². The highest BCUT2D eigenvalue weighted by molar-refractivity contribution is 6.30. The third-order valence-electron chi connectivity index (χ3n) is 5.35. The van der Waals surface area contributed by atoms with Crippen LogP contribution < -0.4 is 5.43 Å². The van der Waals surface area contributed by atoms with E-state index >= 15 is 0 Å². The number of nitrogens with zero attached hydrogens (tertiary/aromatic N) is 1. The van der Waals surface area contributed by atoms with Gasteiger partial charge in [0.25, 0.3) is 5.91 Å². The minimum atomic E-state index is -0.451. The minimum Gasteiger partial charge on any atom is -0.450 e. The van der Waals surface area contributed by atoms with Crippen molar-refractivity contribution >= 4 is 28.5 Å². The van der Waals surface area contributed by atoms with Crippen LogP contribution in [0.4, 0.5) is 0 Å². The highest BCUT2D eigenvalue weighted by atomic mass is 35.5. The maximum Gasteiger partial charge on any atom is 0.290 e. The van der Waals surface area contributed by atoms with Crippen LogP contribution in [-0.2, 0) is 0 Å². The number of carbonyl (C=O) groups is 1. The van der Waals surface area contributed by atoms with E-state index in [-0.39, 0.29) is 17.1 Å². The zero-order valence-corrected chi connectivity index (χ0v) is 17.0. The Balaban J connectivity index is 2.00. The number of aryl methyl sites for hydroxylation is 2. The average Bonchev–Trinajstić information content (AvgIpc) is 2.92. The zero-order chi connectivity index (χ0) is 20.0. The molecule has 4 nitrogen and oxygen atoms in total. The molecule has 0 bridgehead atoms. The first kappa shape index (κ1) is 18.8. The molecule has 1 amide bonds. The summed E-state index contributed by atoms with van der Waals surface area (Å²) in [7, 11) is 0. The molecule has 5 heteroatoms. The number of carbonyl (C=O) groups excluding carboxylic acids is 1. The monoisotopic (exact) mass is 395 g/mol. The lowest BCUT2D eigenvalue weighted by molar-refractivity contribution is 0.0725. The Hall–Kier alpha value is -2.59. The summed E-state index contributed by atoms with van der Waals surface area (Å²) in [5.41, 5.74) is 3.51. The quantitative estimate of drug-likeness (QED) is 0.593. The molecule has 0 radical (unpaired) electrons. The predicted octanol–water partition coefficient (Wildman–Crippen LogP) is 5.41. The SMILES string of the molecule is CCCCN1C(=O)c2oc3cc(C)cc(C)c3c(=O)c2C1c1ccc(Cl)cc1. The van der Waals surface area contributed by atoms with E-state index < -0.39 is 6.04 Å². The van der Waals surface area contributed by atoms with Gasteiger partial charge in [0.15, 0.2) is 5.43 Å². The van der Waals surface area contributed by atoms with Crippen molar-refractivity contribution in [1.29, 1.82) is 0 Å². The van der Waals surface area contributed by atoms with Crippen molar-refractivity contribution in [1.82, 2.24) is 4.90 Å². The molecule has 0 fully saturated rings. The number of hydrogen-bond donors (Lipinski definition) is 0. The molecule has 2 heterocycles. The first-order valence-corrected chi connectivity index (χ1v) is 9.94. The van der Waals surface area contributed by atoms with Gasteiger partial charge in [-0.3, -0.25) is 9.59 Å². The normalized spacial score (nSPS) is 16.1. The zero-order valence-electron chi connectivity index (χ0n) is 16.2. The van der Waals surface area contributed by atoms with Crippen molar-refractivity contribution in [3.63, 3.8) is 0 Å². The lowest BCUT2D eigenvalue weighted by Gasteiger charge is -2.25. The molecule has 4 rings (SSSR count). The molecule has 1 aliphatic heterocycles. The highest BCUT2D eigenvalue weighted by Crippen LogP contribution is 2.39. The summed E-state index contributed by atoms with van der Waals surface area (Å²) in [6, 6.07) is 10.7. The molecular formula is C23H22ClNO3. The molecule has 1 unspecified atom stereocenters. The predicted molar refractivity (Wildman–Crippen MR) is 111 cm³/mol. The summed E-state index contributed by atoms with van der Waals surface area (Å²) >= 11 is 6.05. The van der Waals surface area contributed by atoms with Crippen molar-refractivity contribution < 1.29 is 9.21 Å². The molecule has 0 aliphatic carbocycles. The van der Waals surface area contributed by atoms with Gasteiger partial charge in [-0.25, -0.2) is 0 Å². The molecule has 0 saturated heterocycles. The van der Waals surface area contributed by atoms with Crippen LogP contribution in [-0.4, -0.2) is 17.4 Å². The fourth-order valence-electron chi connectivity index (χ4n) is 4.06. The molecule has 1 aliphatic rings. The van der Waals surface area contributed by atoms with Gasteiger partial charge in [-0.1, -0.05) is 43.1 Å². The second kappa shape index (κ2) is 7.10. The fraction of sp³-hybridized carbons (Fsp3) is 0.304. The summed E-state index contributed by atoms with van der Waals surface area (Å²) in [6.45, 7) is 6.50. The minimum absolute atomic E-state index is 0.124. The number of halogens is 1. The van der Waals surface area contributed by atoms with Crippen molar-refractivity contribution in [3.05, 3.63) is 79.7 Å². The summed E-state index contributed by atoms with van der Waals surface area (Å²) in [4.78, 5) is 28.4. The molecule has 1 aromatic heterocycles. The Morgan fingerprint density at radius 1 is 1.11 bits per heavy atom. The number of rotatable bonds is 4. The van der Waals surface area contributed by atoms with Crippen LogP contribution in [0.15, 0.2) is 45.6 Å². The Morgan fingerprint density at radius 2 is 1.82 bits per heavy atom. The van der Waals surface area contributed by atoms with E-state index in [4.69, 9.17) is 16.0 Å². The largest absolute Gasteiger partial charge is 0.450 e. The third-order valence-corrected chi connectivity index (χ3v) is 5.60.